The van der Waals surface area contributed by atoms with E-state index in [0.29, 0.717) is 11.4 Å². The molecule has 0 fully saturated rings. The number of aliphatic hydroxyl groups excluding tert-OH is 1. The van der Waals surface area contributed by atoms with E-state index in [9.17, 15) is 0 Å². The fourth-order valence-electron chi connectivity index (χ4n) is 1.81. The van der Waals surface area contributed by atoms with Gasteiger partial charge in [0.15, 0.2) is 12.0 Å². The molecule has 0 saturated carbocycles. The normalized spacial score (nSPS) is 12.7. The molecule has 1 unspecified atom stereocenters. The fourth-order valence-corrected chi connectivity index (χ4v) is 1.81. The van der Waals surface area contributed by atoms with Crippen molar-refractivity contribution in [2.45, 2.75) is 6.04 Å². The van der Waals surface area contributed by atoms with E-state index in [1.54, 1.807) is 12.3 Å². The first-order valence-electron chi connectivity index (χ1n) is 5.81. The van der Waals surface area contributed by atoms with E-state index in [1.807, 2.05) is 18.2 Å². The van der Waals surface area contributed by atoms with Gasteiger partial charge in [-0.2, -0.15) is 0 Å². The molecule has 1 aromatic carbocycles. The highest BCUT2D eigenvalue weighted by molar-refractivity contribution is 5.78. The molecule has 0 radical (unpaired) electrons. The molecule has 3 N–H and O–H groups in total. The van der Waals surface area contributed by atoms with Crippen molar-refractivity contribution < 1.29 is 9.52 Å². The lowest BCUT2D eigenvalue weighted by atomic mass is 10.1. The van der Waals surface area contributed by atoms with Crippen molar-refractivity contribution in [1.29, 1.82) is 0 Å². The van der Waals surface area contributed by atoms with Gasteiger partial charge in [-0.3, -0.25) is 0 Å². The molecule has 0 aliphatic heterocycles. The van der Waals surface area contributed by atoms with Gasteiger partial charge in [-0.05, 0) is 18.2 Å². The first-order valence-corrected chi connectivity index (χ1v) is 5.81. The van der Waals surface area contributed by atoms with Crippen LogP contribution in [0.15, 0.2) is 41.3 Å². The van der Waals surface area contributed by atoms with Crippen LogP contribution in [0.25, 0.3) is 22.4 Å². The summed E-state index contributed by atoms with van der Waals surface area (Å²) < 4.78 is 5.26. The third-order valence-electron chi connectivity index (χ3n) is 2.83. The molecule has 0 spiro atoms. The number of benzene rings is 1. The summed E-state index contributed by atoms with van der Waals surface area (Å²) in [5.74, 6) is 0.415. The van der Waals surface area contributed by atoms with Gasteiger partial charge in [0.05, 0.1) is 18.3 Å². The van der Waals surface area contributed by atoms with Gasteiger partial charge >= 0.3 is 0 Å². The smallest absolute Gasteiger partial charge is 0.181 e. The van der Waals surface area contributed by atoms with E-state index in [1.165, 1.54) is 6.39 Å². The largest absolute Gasteiger partial charge is 0.443 e. The van der Waals surface area contributed by atoms with Gasteiger partial charge in [-0.1, -0.05) is 6.07 Å². The van der Waals surface area contributed by atoms with Gasteiger partial charge < -0.3 is 15.3 Å². The number of rotatable bonds is 3. The lowest BCUT2D eigenvalue weighted by Gasteiger charge is -2.08. The molecule has 3 aromatic rings. The van der Waals surface area contributed by atoms with Gasteiger partial charge in [0.25, 0.3) is 0 Å². The minimum Gasteiger partial charge on any atom is -0.443 e. The Bertz CT molecular complexity index is 710. The zero-order valence-electron chi connectivity index (χ0n) is 10.0. The highest BCUT2D eigenvalue weighted by atomic mass is 16.3. The molecule has 6 nitrogen and oxygen atoms in total. The summed E-state index contributed by atoms with van der Waals surface area (Å²) in [7, 11) is 0. The van der Waals surface area contributed by atoms with Crippen LogP contribution >= 0.6 is 0 Å². The number of nitrogens with two attached hydrogens (primary N) is 1. The van der Waals surface area contributed by atoms with Crippen LogP contribution in [-0.4, -0.2) is 26.7 Å². The fraction of sp³-hybridized carbons (Fsp3) is 0.154. The molecule has 0 amide bonds. The van der Waals surface area contributed by atoms with Crippen molar-refractivity contribution >= 4 is 11.1 Å². The Kier molecular flexibility index (Phi) is 2.94. The summed E-state index contributed by atoms with van der Waals surface area (Å²) in [5, 5.41) is 9.03. The molecule has 19 heavy (non-hydrogen) atoms. The Balaban J connectivity index is 2.05. The second-order valence-corrected chi connectivity index (χ2v) is 4.12. The van der Waals surface area contributed by atoms with Crippen LogP contribution in [0.3, 0.4) is 0 Å². The number of aromatic nitrogens is 3. The van der Waals surface area contributed by atoms with Gasteiger partial charge in [0.2, 0.25) is 0 Å². The molecule has 0 saturated heterocycles. The summed E-state index contributed by atoms with van der Waals surface area (Å²) in [6.07, 6.45) is 3.03. The van der Waals surface area contributed by atoms with E-state index >= 15 is 0 Å². The van der Waals surface area contributed by atoms with E-state index in [-0.39, 0.29) is 6.61 Å². The van der Waals surface area contributed by atoms with E-state index in [2.05, 4.69) is 15.0 Å². The lowest BCUT2D eigenvalue weighted by molar-refractivity contribution is 0.263. The van der Waals surface area contributed by atoms with E-state index in [0.717, 1.165) is 16.8 Å². The van der Waals surface area contributed by atoms with Gasteiger partial charge in [0.1, 0.15) is 11.3 Å². The maximum absolute atomic E-state index is 9.03. The Morgan fingerprint density at radius 1 is 1.26 bits per heavy atom. The second-order valence-electron chi connectivity index (χ2n) is 4.12. The molecule has 6 heteroatoms. The summed E-state index contributed by atoms with van der Waals surface area (Å²) in [4.78, 5) is 12.5. The molecule has 96 valence electrons. The summed E-state index contributed by atoms with van der Waals surface area (Å²) in [6.45, 7) is -0.190. The SMILES string of the molecule is NC(CO)c1nccc(-c2ccc3ncoc3c2)n1. The van der Waals surface area contributed by atoms with Crippen molar-refractivity contribution in [1.82, 2.24) is 15.0 Å². The Morgan fingerprint density at radius 2 is 2.16 bits per heavy atom. The standard InChI is InChI=1S/C13H12N4O2/c14-9(6-18)13-15-4-3-10(17-13)8-1-2-11-12(5-8)19-7-16-11/h1-5,7,9,18H,6,14H2. The molecule has 0 bridgehead atoms. The third kappa shape index (κ3) is 2.18. The summed E-state index contributed by atoms with van der Waals surface area (Å²) in [6, 6.07) is 6.84. The van der Waals surface area contributed by atoms with Gasteiger partial charge in [0, 0.05) is 11.8 Å². The van der Waals surface area contributed by atoms with E-state index < -0.39 is 6.04 Å². The zero-order valence-corrected chi connectivity index (χ0v) is 10.0. The Hall–Kier alpha value is -2.31. The molecule has 2 aromatic heterocycles. The van der Waals surface area contributed by atoms with Crippen molar-refractivity contribution in [3.05, 3.63) is 42.7 Å². The van der Waals surface area contributed by atoms with Crippen LogP contribution in [0.4, 0.5) is 0 Å². The van der Waals surface area contributed by atoms with Crippen molar-refractivity contribution in [3.63, 3.8) is 0 Å². The number of hydrogen-bond acceptors (Lipinski definition) is 6. The molecule has 0 aliphatic rings. The summed E-state index contributed by atoms with van der Waals surface area (Å²) in [5.41, 5.74) is 8.82. The predicted molar refractivity (Wildman–Crippen MR) is 69.0 cm³/mol. The van der Waals surface area contributed by atoms with Gasteiger partial charge in [-0.15, -0.1) is 0 Å². The third-order valence-corrected chi connectivity index (χ3v) is 2.83. The van der Waals surface area contributed by atoms with Crippen LogP contribution in [-0.2, 0) is 0 Å². The molecule has 2 heterocycles. The van der Waals surface area contributed by atoms with Crippen molar-refractivity contribution in [2.75, 3.05) is 6.61 Å². The number of nitrogens with zero attached hydrogens (tertiary/aromatic N) is 3. The highest BCUT2D eigenvalue weighted by Gasteiger charge is 2.10. The maximum atomic E-state index is 9.03. The van der Waals surface area contributed by atoms with Crippen LogP contribution in [0.2, 0.25) is 0 Å². The molecular formula is C13H12N4O2. The number of aliphatic hydroxyl groups is 1. The predicted octanol–water partition coefficient (Wildman–Crippen LogP) is 1.28. The minimum atomic E-state index is -0.575. The molecular weight excluding hydrogens is 244 g/mol. The molecule has 0 aliphatic carbocycles. The van der Waals surface area contributed by atoms with Crippen LogP contribution in [0, 0.1) is 0 Å². The Labute approximate surface area is 108 Å². The first-order chi connectivity index (χ1) is 9.28. The maximum Gasteiger partial charge on any atom is 0.181 e. The topological polar surface area (TPSA) is 98.1 Å². The van der Waals surface area contributed by atoms with Crippen LogP contribution in [0.5, 0.6) is 0 Å². The zero-order chi connectivity index (χ0) is 13.2. The monoisotopic (exact) mass is 256 g/mol. The Morgan fingerprint density at radius 3 is 3.00 bits per heavy atom. The summed E-state index contributed by atoms with van der Waals surface area (Å²) >= 11 is 0. The minimum absolute atomic E-state index is 0.190. The van der Waals surface area contributed by atoms with Crippen LogP contribution < -0.4 is 5.73 Å². The van der Waals surface area contributed by atoms with Crippen molar-refractivity contribution in [3.8, 4) is 11.3 Å². The second kappa shape index (κ2) is 4.75. The molecule has 3 rings (SSSR count). The highest BCUT2D eigenvalue weighted by Crippen LogP contribution is 2.22. The van der Waals surface area contributed by atoms with Crippen molar-refractivity contribution in [2.24, 2.45) is 5.73 Å². The number of oxazole rings is 1. The quantitative estimate of drug-likeness (QED) is 0.732. The van der Waals surface area contributed by atoms with Crippen LogP contribution in [0.1, 0.15) is 11.9 Å². The average molecular weight is 256 g/mol. The molecule has 1 atom stereocenters. The van der Waals surface area contributed by atoms with Gasteiger partial charge in [-0.25, -0.2) is 15.0 Å². The number of fused-ring (bicyclic) bond motifs is 1. The lowest BCUT2D eigenvalue weighted by Crippen LogP contribution is -2.17. The number of hydrogen-bond donors (Lipinski definition) is 2. The average Bonchev–Trinajstić information content (AvgIpc) is 2.94. The van der Waals surface area contributed by atoms with E-state index in [4.69, 9.17) is 15.3 Å². The first kappa shape index (κ1) is 11.8.